The maximum absolute atomic E-state index is 9.61. The quantitative estimate of drug-likeness (QED) is 0.595. The summed E-state index contributed by atoms with van der Waals surface area (Å²) in [4.78, 5) is 0. The third kappa shape index (κ3) is 3.54. The normalized spacial score (nSPS) is 16.7. The molecular formula is C9H18O2. The summed E-state index contributed by atoms with van der Waals surface area (Å²) < 4.78 is 0. The maximum atomic E-state index is 9.61. The molecule has 1 unspecified atom stereocenters. The van der Waals surface area contributed by atoms with E-state index in [1.54, 1.807) is 6.08 Å². The molecule has 0 bridgehead atoms. The van der Waals surface area contributed by atoms with Crippen molar-refractivity contribution in [3.63, 3.8) is 0 Å². The lowest BCUT2D eigenvalue weighted by Crippen LogP contribution is -2.27. The van der Waals surface area contributed by atoms with Gasteiger partial charge >= 0.3 is 0 Å². The SMILES string of the molecule is C/C(=C\CO)C(O)C(C)(C)C. The van der Waals surface area contributed by atoms with E-state index in [2.05, 4.69) is 0 Å². The zero-order valence-electron chi connectivity index (χ0n) is 7.76. The minimum atomic E-state index is -0.463. The number of aliphatic hydroxyl groups excluding tert-OH is 2. The Bertz CT molecular complexity index is 142. The Morgan fingerprint density at radius 1 is 1.45 bits per heavy atom. The predicted octanol–water partition coefficient (Wildman–Crippen LogP) is 1.33. The standard InChI is InChI=1S/C9H18O2/c1-7(5-6-10)8(11)9(2,3)4/h5,8,10-11H,6H2,1-4H3/b7-5+. The molecule has 0 heterocycles. The molecule has 0 aliphatic rings. The van der Waals surface area contributed by atoms with Gasteiger partial charge in [-0.2, -0.15) is 0 Å². The van der Waals surface area contributed by atoms with Crippen LogP contribution in [0.3, 0.4) is 0 Å². The third-order valence-corrected chi connectivity index (χ3v) is 1.66. The van der Waals surface area contributed by atoms with Crippen LogP contribution in [0.1, 0.15) is 27.7 Å². The van der Waals surface area contributed by atoms with E-state index in [0.717, 1.165) is 5.57 Å². The van der Waals surface area contributed by atoms with Crippen molar-refractivity contribution in [1.82, 2.24) is 0 Å². The van der Waals surface area contributed by atoms with Crippen LogP contribution in [0.4, 0.5) is 0 Å². The van der Waals surface area contributed by atoms with Gasteiger partial charge in [0.25, 0.3) is 0 Å². The minimum absolute atomic E-state index is 0.00102. The van der Waals surface area contributed by atoms with Crippen molar-refractivity contribution in [3.8, 4) is 0 Å². The van der Waals surface area contributed by atoms with Crippen molar-refractivity contribution in [3.05, 3.63) is 11.6 Å². The van der Waals surface area contributed by atoms with Gasteiger partial charge in [0.1, 0.15) is 0 Å². The first-order valence-corrected chi connectivity index (χ1v) is 3.85. The molecule has 2 heteroatoms. The van der Waals surface area contributed by atoms with E-state index in [-0.39, 0.29) is 12.0 Å². The van der Waals surface area contributed by atoms with Crippen LogP contribution in [0.5, 0.6) is 0 Å². The van der Waals surface area contributed by atoms with Crippen molar-refractivity contribution < 1.29 is 10.2 Å². The van der Waals surface area contributed by atoms with Crippen LogP contribution in [0.2, 0.25) is 0 Å². The fourth-order valence-corrected chi connectivity index (χ4v) is 0.939. The third-order valence-electron chi connectivity index (χ3n) is 1.66. The van der Waals surface area contributed by atoms with Gasteiger partial charge in [0.15, 0.2) is 0 Å². The van der Waals surface area contributed by atoms with Gasteiger partial charge in [0, 0.05) is 0 Å². The molecule has 0 aromatic heterocycles. The van der Waals surface area contributed by atoms with Crippen LogP contribution in [-0.2, 0) is 0 Å². The van der Waals surface area contributed by atoms with Gasteiger partial charge in [0.2, 0.25) is 0 Å². The first-order chi connectivity index (χ1) is 4.89. The maximum Gasteiger partial charge on any atom is 0.0796 e. The molecule has 0 amide bonds. The summed E-state index contributed by atoms with van der Waals surface area (Å²) in [5, 5.41) is 18.2. The van der Waals surface area contributed by atoms with E-state index in [4.69, 9.17) is 5.11 Å². The summed E-state index contributed by atoms with van der Waals surface area (Å²) in [5.41, 5.74) is 0.690. The van der Waals surface area contributed by atoms with Crippen molar-refractivity contribution >= 4 is 0 Å². The smallest absolute Gasteiger partial charge is 0.0796 e. The molecule has 0 rings (SSSR count). The molecule has 0 aliphatic carbocycles. The van der Waals surface area contributed by atoms with Gasteiger partial charge < -0.3 is 10.2 Å². The molecule has 66 valence electrons. The van der Waals surface area contributed by atoms with Crippen molar-refractivity contribution in [2.75, 3.05) is 6.61 Å². The average molecular weight is 158 g/mol. The molecule has 0 saturated carbocycles. The zero-order chi connectivity index (χ0) is 9.07. The Morgan fingerprint density at radius 3 is 2.18 bits per heavy atom. The Balaban J connectivity index is 4.25. The lowest BCUT2D eigenvalue weighted by atomic mass is 9.85. The van der Waals surface area contributed by atoms with Gasteiger partial charge in [-0.25, -0.2) is 0 Å². The van der Waals surface area contributed by atoms with Crippen LogP contribution >= 0.6 is 0 Å². The van der Waals surface area contributed by atoms with E-state index >= 15 is 0 Å². The summed E-state index contributed by atoms with van der Waals surface area (Å²) in [6, 6.07) is 0. The highest BCUT2D eigenvalue weighted by Gasteiger charge is 2.22. The first-order valence-electron chi connectivity index (χ1n) is 3.85. The molecule has 11 heavy (non-hydrogen) atoms. The van der Waals surface area contributed by atoms with Gasteiger partial charge in [0.05, 0.1) is 12.7 Å². The second-order valence-electron chi connectivity index (χ2n) is 3.90. The molecule has 0 aliphatic heterocycles. The molecule has 0 aromatic rings. The minimum Gasteiger partial charge on any atom is -0.392 e. The first kappa shape index (κ1) is 10.7. The molecule has 0 radical (unpaired) electrons. The average Bonchev–Trinajstić information content (AvgIpc) is 1.85. The highest BCUT2D eigenvalue weighted by Crippen LogP contribution is 2.24. The fraction of sp³-hybridized carbons (Fsp3) is 0.778. The van der Waals surface area contributed by atoms with Gasteiger partial charge in [-0.3, -0.25) is 0 Å². The van der Waals surface area contributed by atoms with Crippen molar-refractivity contribution in [2.45, 2.75) is 33.8 Å². The van der Waals surface area contributed by atoms with Crippen molar-refractivity contribution in [1.29, 1.82) is 0 Å². The van der Waals surface area contributed by atoms with E-state index < -0.39 is 6.10 Å². The molecule has 0 saturated heterocycles. The second kappa shape index (κ2) is 3.88. The number of hydrogen-bond donors (Lipinski definition) is 2. The highest BCUT2D eigenvalue weighted by atomic mass is 16.3. The zero-order valence-corrected chi connectivity index (χ0v) is 7.76. The molecule has 0 spiro atoms. The van der Waals surface area contributed by atoms with Crippen LogP contribution in [-0.4, -0.2) is 22.9 Å². The lowest BCUT2D eigenvalue weighted by Gasteiger charge is -2.26. The lowest BCUT2D eigenvalue weighted by molar-refractivity contribution is 0.0941. The van der Waals surface area contributed by atoms with Crippen LogP contribution in [0, 0.1) is 5.41 Å². The summed E-state index contributed by atoms with van der Waals surface area (Å²) >= 11 is 0. The van der Waals surface area contributed by atoms with Gasteiger partial charge in [-0.15, -0.1) is 0 Å². The summed E-state index contributed by atoms with van der Waals surface area (Å²) in [5.74, 6) is 0. The molecule has 2 N–H and O–H groups in total. The van der Waals surface area contributed by atoms with E-state index in [0.29, 0.717) is 0 Å². The Labute approximate surface area is 68.6 Å². The van der Waals surface area contributed by atoms with E-state index in [1.807, 2.05) is 27.7 Å². The number of hydrogen-bond acceptors (Lipinski definition) is 2. The summed E-state index contributed by atoms with van der Waals surface area (Å²) in [7, 11) is 0. The largest absolute Gasteiger partial charge is 0.392 e. The van der Waals surface area contributed by atoms with Crippen molar-refractivity contribution in [2.24, 2.45) is 5.41 Å². The Kier molecular flexibility index (Phi) is 3.76. The number of rotatable bonds is 2. The van der Waals surface area contributed by atoms with Crippen LogP contribution in [0.15, 0.2) is 11.6 Å². The molecular weight excluding hydrogens is 140 g/mol. The van der Waals surface area contributed by atoms with Crippen LogP contribution < -0.4 is 0 Å². The summed E-state index contributed by atoms with van der Waals surface area (Å²) in [6.07, 6.45) is 1.17. The second-order valence-corrected chi connectivity index (χ2v) is 3.90. The van der Waals surface area contributed by atoms with Crippen LogP contribution in [0.25, 0.3) is 0 Å². The monoisotopic (exact) mass is 158 g/mol. The molecule has 2 nitrogen and oxygen atoms in total. The fourth-order valence-electron chi connectivity index (χ4n) is 0.939. The Morgan fingerprint density at radius 2 is 1.91 bits per heavy atom. The molecule has 0 aromatic carbocycles. The molecule has 1 atom stereocenters. The Hall–Kier alpha value is -0.340. The highest BCUT2D eigenvalue weighted by molar-refractivity contribution is 5.07. The predicted molar refractivity (Wildman–Crippen MR) is 46.3 cm³/mol. The number of aliphatic hydroxyl groups is 2. The van der Waals surface area contributed by atoms with E-state index in [9.17, 15) is 5.11 Å². The summed E-state index contributed by atoms with van der Waals surface area (Å²) in [6.45, 7) is 7.72. The topological polar surface area (TPSA) is 40.5 Å². The molecule has 0 fully saturated rings. The van der Waals surface area contributed by atoms with E-state index in [1.165, 1.54) is 0 Å². The van der Waals surface area contributed by atoms with Gasteiger partial charge in [-0.05, 0) is 17.9 Å². The van der Waals surface area contributed by atoms with Gasteiger partial charge in [-0.1, -0.05) is 26.8 Å².